The maximum atomic E-state index is 13.3. The van der Waals surface area contributed by atoms with Crippen molar-refractivity contribution in [3.8, 4) is 0 Å². The summed E-state index contributed by atoms with van der Waals surface area (Å²) in [5.74, 6) is 1.37. The Balaban J connectivity index is 1.61. The molecule has 1 aromatic heterocycles. The van der Waals surface area contributed by atoms with Gasteiger partial charge in [-0.05, 0) is 36.5 Å². The molecule has 2 aromatic rings. The van der Waals surface area contributed by atoms with Gasteiger partial charge >= 0.3 is 0 Å². The Morgan fingerprint density at radius 2 is 1.78 bits per heavy atom. The van der Waals surface area contributed by atoms with Crippen LogP contribution in [0.3, 0.4) is 0 Å². The van der Waals surface area contributed by atoms with E-state index >= 15 is 0 Å². The third-order valence-electron chi connectivity index (χ3n) is 6.28. The molecule has 1 heterocycles. The number of ether oxygens (including phenoxy) is 1. The molecule has 1 aliphatic rings. The maximum Gasteiger partial charge on any atom is 0.242 e. The topological polar surface area (TPSA) is 63.0 Å². The van der Waals surface area contributed by atoms with Crippen LogP contribution in [0.25, 0.3) is 0 Å². The molecule has 6 heteroatoms. The number of hydrogen-bond donors (Lipinski definition) is 0. The Bertz CT molecular complexity index is 800. The second-order valence-corrected chi connectivity index (χ2v) is 8.63. The van der Waals surface area contributed by atoms with E-state index in [1.807, 2.05) is 30.3 Å². The van der Waals surface area contributed by atoms with E-state index in [1.54, 1.807) is 23.2 Å². The fourth-order valence-electron chi connectivity index (χ4n) is 4.33. The Kier molecular flexibility index (Phi) is 9.82. The lowest BCUT2D eigenvalue weighted by Crippen LogP contribution is -2.44. The number of rotatable bonds is 13. The lowest BCUT2D eigenvalue weighted by Gasteiger charge is -2.27. The standard InChI is InChI=1S/C26H36N2O4/c1-31-19-17-28(25(29)14-13-22-10-5-6-11-22)21-26(30)27(20-24-12-7-18-32-24)16-15-23-8-3-2-4-9-23/h2-4,7-9,12,18,22H,5-6,10-11,13-17,19-21H2,1H3. The highest BCUT2D eigenvalue weighted by Crippen LogP contribution is 2.28. The highest BCUT2D eigenvalue weighted by atomic mass is 16.5. The molecule has 2 amide bonds. The van der Waals surface area contributed by atoms with Crippen molar-refractivity contribution in [1.82, 2.24) is 9.80 Å². The van der Waals surface area contributed by atoms with Gasteiger partial charge in [-0.15, -0.1) is 0 Å². The number of methoxy groups -OCH3 is 1. The monoisotopic (exact) mass is 440 g/mol. The first-order chi connectivity index (χ1) is 15.7. The molecule has 0 saturated heterocycles. The van der Waals surface area contributed by atoms with Crippen LogP contribution in [0.5, 0.6) is 0 Å². The summed E-state index contributed by atoms with van der Waals surface area (Å²) < 4.78 is 10.7. The van der Waals surface area contributed by atoms with Crippen LogP contribution in [0.4, 0.5) is 0 Å². The molecule has 3 rings (SSSR count). The molecule has 1 aliphatic carbocycles. The third kappa shape index (κ3) is 7.83. The fraction of sp³-hybridized carbons (Fsp3) is 0.538. The van der Waals surface area contributed by atoms with E-state index in [0.717, 1.165) is 18.6 Å². The summed E-state index contributed by atoms with van der Waals surface area (Å²) in [5, 5.41) is 0. The Morgan fingerprint density at radius 3 is 2.47 bits per heavy atom. The maximum absolute atomic E-state index is 13.3. The van der Waals surface area contributed by atoms with Gasteiger partial charge in [-0.2, -0.15) is 0 Å². The minimum Gasteiger partial charge on any atom is -0.467 e. The van der Waals surface area contributed by atoms with Crippen molar-refractivity contribution < 1.29 is 18.7 Å². The minimum atomic E-state index is -0.0670. The lowest BCUT2D eigenvalue weighted by atomic mass is 10.0. The van der Waals surface area contributed by atoms with Crippen molar-refractivity contribution >= 4 is 11.8 Å². The summed E-state index contributed by atoms with van der Waals surface area (Å²) in [6, 6.07) is 13.8. The molecular weight excluding hydrogens is 404 g/mol. The van der Waals surface area contributed by atoms with E-state index in [-0.39, 0.29) is 18.4 Å². The van der Waals surface area contributed by atoms with Gasteiger partial charge in [0.15, 0.2) is 0 Å². The second-order valence-electron chi connectivity index (χ2n) is 8.63. The molecule has 32 heavy (non-hydrogen) atoms. The molecular formula is C26H36N2O4. The SMILES string of the molecule is COCCN(CC(=O)N(CCc1ccccc1)Cc1ccco1)C(=O)CCC1CCCC1. The van der Waals surface area contributed by atoms with Crippen molar-refractivity contribution in [3.63, 3.8) is 0 Å². The normalized spacial score (nSPS) is 13.9. The smallest absolute Gasteiger partial charge is 0.242 e. The summed E-state index contributed by atoms with van der Waals surface area (Å²) >= 11 is 0. The van der Waals surface area contributed by atoms with Gasteiger partial charge in [0.2, 0.25) is 11.8 Å². The summed E-state index contributed by atoms with van der Waals surface area (Å²) in [6.45, 7) is 1.89. The van der Waals surface area contributed by atoms with Crippen LogP contribution in [0.1, 0.15) is 49.8 Å². The zero-order valence-electron chi connectivity index (χ0n) is 19.2. The molecule has 6 nitrogen and oxygen atoms in total. The first kappa shape index (κ1) is 24.1. The molecule has 0 aliphatic heterocycles. The lowest BCUT2D eigenvalue weighted by molar-refractivity contribution is -0.141. The van der Waals surface area contributed by atoms with Crippen molar-refractivity contribution in [2.75, 3.05) is 33.4 Å². The number of hydrogen-bond acceptors (Lipinski definition) is 4. The zero-order valence-corrected chi connectivity index (χ0v) is 19.2. The van der Waals surface area contributed by atoms with Crippen LogP contribution in [-0.4, -0.2) is 55.0 Å². The first-order valence-electron chi connectivity index (χ1n) is 11.8. The van der Waals surface area contributed by atoms with Gasteiger partial charge in [0, 0.05) is 26.6 Å². The molecule has 1 aromatic carbocycles. The van der Waals surface area contributed by atoms with Gasteiger partial charge in [-0.1, -0.05) is 56.0 Å². The highest BCUT2D eigenvalue weighted by molar-refractivity contribution is 5.84. The summed E-state index contributed by atoms with van der Waals surface area (Å²) in [7, 11) is 1.62. The summed E-state index contributed by atoms with van der Waals surface area (Å²) in [5.41, 5.74) is 1.17. The van der Waals surface area contributed by atoms with Crippen LogP contribution in [0.15, 0.2) is 53.1 Å². The van der Waals surface area contributed by atoms with Gasteiger partial charge < -0.3 is 19.0 Å². The van der Waals surface area contributed by atoms with Crippen LogP contribution < -0.4 is 0 Å². The van der Waals surface area contributed by atoms with Crippen LogP contribution >= 0.6 is 0 Å². The van der Waals surface area contributed by atoms with Crippen LogP contribution in [0, 0.1) is 5.92 Å². The van der Waals surface area contributed by atoms with E-state index in [0.29, 0.717) is 38.6 Å². The Hall–Kier alpha value is -2.60. The molecule has 1 fully saturated rings. The van der Waals surface area contributed by atoms with Crippen LogP contribution in [-0.2, 0) is 27.3 Å². The molecule has 174 valence electrons. The van der Waals surface area contributed by atoms with Gasteiger partial charge in [0.25, 0.3) is 0 Å². The molecule has 0 bridgehead atoms. The van der Waals surface area contributed by atoms with E-state index < -0.39 is 0 Å². The van der Waals surface area contributed by atoms with Gasteiger partial charge in [0.05, 0.1) is 26.0 Å². The number of amides is 2. The van der Waals surface area contributed by atoms with E-state index in [4.69, 9.17) is 9.15 Å². The third-order valence-corrected chi connectivity index (χ3v) is 6.28. The van der Waals surface area contributed by atoms with E-state index in [1.165, 1.54) is 31.2 Å². The molecule has 0 radical (unpaired) electrons. The van der Waals surface area contributed by atoms with Gasteiger partial charge in [-0.25, -0.2) is 0 Å². The number of benzene rings is 1. The largest absolute Gasteiger partial charge is 0.467 e. The fourth-order valence-corrected chi connectivity index (χ4v) is 4.33. The number of furan rings is 1. The molecule has 0 N–H and O–H groups in total. The predicted octanol–water partition coefficient (Wildman–Crippen LogP) is 4.30. The molecule has 1 saturated carbocycles. The van der Waals surface area contributed by atoms with Crippen molar-refractivity contribution in [1.29, 1.82) is 0 Å². The number of nitrogens with zero attached hydrogens (tertiary/aromatic N) is 2. The van der Waals surface area contributed by atoms with E-state index in [2.05, 4.69) is 12.1 Å². The Labute approximate surface area is 191 Å². The second kappa shape index (κ2) is 13.1. The van der Waals surface area contributed by atoms with Crippen molar-refractivity contribution in [3.05, 3.63) is 60.1 Å². The molecule has 0 atom stereocenters. The molecule has 0 spiro atoms. The first-order valence-corrected chi connectivity index (χ1v) is 11.8. The van der Waals surface area contributed by atoms with Crippen molar-refractivity contribution in [2.45, 2.75) is 51.5 Å². The molecule has 0 unspecified atom stereocenters. The minimum absolute atomic E-state index is 0.0447. The summed E-state index contributed by atoms with van der Waals surface area (Å²) in [4.78, 5) is 29.7. The zero-order chi connectivity index (χ0) is 22.6. The van der Waals surface area contributed by atoms with Gasteiger partial charge in [0.1, 0.15) is 5.76 Å². The number of carbonyl (C=O) groups excluding carboxylic acids is 2. The van der Waals surface area contributed by atoms with Crippen LogP contribution in [0.2, 0.25) is 0 Å². The van der Waals surface area contributed by atoms with E-state index in [9.17, 15) is 9.59 Å². The average Bonchev–Trinajstić information content (AvgIpc) is 3.52. The Morgan fingerprint density at radius 1 is 1.00 bits per heavy atom. The van der Waals surface area contributed by atoms with Gasteiger partial charge in [-0.3, -0.25) is 9.59 Å². The van der Waals surface area contributed by atoms with Crippen molar-refractivity contribution in [2.24, 2.45) is 5.92 Å². The average molecular weight is 441 g/mol. The quantitative estimate of drug-likeness (QED) is 0.466. The number of carbonyl (C=O) groups is 2. The highest BCUT2D eigenvalue weighted by Gasteiger charge is 2.23. The predicted molar refractivity (Wildman–Crippen MR) is 124 cm³/mol. The summed E-state index contributed by atoms with van der Waals surface area (Å²) in [6.07, 6.45) is 8.78.